The molecule has 1 aromatic heterocycles. The molecule has 2 aromatic carbocycles. The lowest BCUT2D eigenvalue weighted by atomic mass is 10.2. The Balaban J connectivity index is 1.28. The first-order valence-corrected chi connectivity index (χ1v) is 9.56. The molecule has 0 spiro atoms. The summed E-state index contributed by atoms with van der Waals surface area (Å²) in [5.41, 5.74) is 1.13. The molecule has 29 heavy (non-hydrogen) atoms. The second-order valence-corrected chi connectivity index (χ2v) is 6.83. The Bertz CT molecular complexity index is 954. The van der Waals surface area contributed by atoms with Crippen LogP contribution in [0.15, 0.2) is 54.6 Å². The first kappa shape index (κ1) is 19.0. The van der Waals surface area contributed by atoms with Crippen LogP contribution >= 0.6 is 0 Å². The van der Waals surface area contributed by atoms with E-state index in [0.29, 0.717) is 18.9 Å². The molecule has 1 saturated heterocycles. The van der Waals surface area contributed by atoms with E-state index in [1.54, 1.807) is 22.9 Å². The van der Waals surface area contributed by atoms with E-state index in [0.717, 1.165) is 31.9 Å². The number of nitrogens with one attached hydrogen (secondary N) is 1. The topological polar surface area (TPSA) is 79.2 Å². The molecular formula is C20H22FN7O. The van der Waals surface area contributed by atoms with Gasteiger partial charge >= 0.3 is 0 Å². The molecule has 0 bridgehead atoms. The molecule has 8 nitrogen and oxygen atoms in total. The van der Waals surface area contributed by atoms with Crippen LogP contribution in [0.4, 0.5) is 16.0 Å². The van der Waals surface area contributed by atoms with Gasteiger partial charge in [-0.3, -0.25) is 9.69 Å². The Morgan fingerprint density at radius 2 is 1.72 bits per heavy atom. The molecule has 3 aromatic rings. The molecule has 0 unspecified atom stereocenters. The number of rotatable bonds is 6. The summed E-state index contributed by atoms with van der Waals surface area (Å²) >= 11 is 0. The Kier molecular flexibility index (Phi) is 5.76. The molecule has 4 rings (SSSR count). The lowest BCUT2D eigenvalue weighted by molar-refractivity contribution is -0.116. The highest BCUT2D eigenvalue weighted by Gasteiger charge is 2.22. The lowest BCUT2D eigenvalue weighted by Gasteiger charge is -2.34. The maximum Gasteiger partial charge on any atom is 0.250 e. The molecule has 0 radical (unpaired) electrons. The van der Waals surface area contributed by atoms with Crippen molar-refractivity contribution in [1.82, 2.24) is 25.1 Å². The van der Waals surface area contributed by atoms with Crippen molar-refractivity contribution in [1.29, 1.82) is 0 Å². The molecule has 0 saturated carbocycles. The standard InChI is InChI=1S/C20H22FN7O/c21-17-8-4-5-9-18(17)22-19(29)10-11-26-12-14-27(15-13-26)20-23-24-25-28(20)16-6-2-1-3-7-16/h1-9H,10-15H2,(H,22,29). The minimum absolute atomic E-state index is 0.189. The van der Waals surface area contributed by atoms with Crippen LogP contribution in [0.2, 0.25) is 0 Å². The van der Waals surface area contributed by atoms with Gasteiger partial charge in [-0.1, -0.05) is 35.4 Å². The molecular weight excluding hydrogens is 373 g/mol. The minimum atomic E-state index is -0.425. The molecule has 1 N–H and O–H groups in total. The molecule has 0 aliphatic carbocycles. The van der Waals surface area contributed by atoms with Gasteiger partial charge < -0.3 is 10.2 Å². The fourth-order valence-corrected chi connectivity index (χ4v) is 3.32. The third-order valence-electron chi connectivity index (χ3n) is 4.91. The number of tetrazole rings is 1. The van der Waals surface area contributed by atoms with Crippen LogP contribution < -0.4 is 10.2 Å². The van der Waals surface area contributed by atoms with Crippen molar-refractivity contribution >= 4 is 17.5 Å². The zero-order chi connectivity index (χ0) is 20.1. The van der Waals surface area contributed by atoms with Gasteiger partial charge in [-0.25, -0.2) is 4.39 Å². The van der Waals surface area contributed by atoms with Crippen molar-refractivity contribution in [2.24, 2.45) is 0 Å². The van der Waals surface area contributed by atoms with Gasteiger partial charge in [0.2, 0.25) is 11.9 Å². The van der Waals surface area contributed by atoms with Gasteiger partial charge in [0.05, 0.1) is 11.4 Å². The molecule has 1 aliphatic heterocycles. The van der Waals surface area contributed by atoms with Gasteiger partial charge in [0.25, 0.3) is 0 Å². The summed E-state index contributed by atoms with van der Waals surface area (Å²) in [5, 5.41) is 14.7. The average Bonchev–Trinajstić information content (AvgIpc) is 3.25. The zero-order valence-electron chi connectivity index (χ0n) is 15.9. The summed E-state index contributed by atoms with van der Waals surface area (Å²) in [5.74, 6) is 0.101. The number of benzene rings is 2. The summed E-state index contributed by atoms with van der Waals surface area (Å²) < 4.78 is 15.4. The van der Waals surface area contributed by atoms with Crippen molar-refractivity contribution in [2.45, 2.75) is 6.42 Å². The second-order valence-electron chi connectivity index (χ2n) is 6.83. The highest BCUT2D eigenvalue weighted by atomic mass is 19.1. The fourth-order valence-electron chi connectivity index (χ4n) is 3.32. The van der Waals surface area contributed by atoms with Gasteiger partial charge in [0.15, 0.2) is 0 Å². The number of aromatic nitrogens is 4. The highest BCUT2D eigenvalue weighted by molar-refractivity contribution is 5.90. The Morgan fingerprint density at radius 1 is 1.00 bits per heavy atom. The Hall–Kier alpha value is -3.33. The number of carbonyl (C=O) groups is 1. The van der Waals surface area contributed by atoms with Gasteiger partial charge in [-0.15, -0.1) is 0 Å². The molecule has 9 heteroatoms. The quantitative estimate of drug-likeness (QED) is 0.687. The summed E-state index contributed by atoms with van der Waals surface area (Å²) in [6, 6.07) is 16.0. The van der Waals surface area contributed by atoms with E-state index in [4.69, 9.17) is 0 Å². The van der Waals surface area contributed by atoms with E-state index in [9.17, 15) is 9.18 Å². The number of piperazine rings is 1. The Morgan fingerprint density at radius 3 is 2.48 bits per heavy atom. The minimum Gasteiger partial charge on any atom is -0.337 e. The van der Waals surface area contributed by atoms with Gasteiger partial charge in [0, 0.05) is 39.1 Å². The van der Waals surface area contributed by atoms with Crippen molar-refractivity contribution < 1.29 is 9.18 Å². The van der Waals surface area contributed by atoms with Crippen LogP contribution in [0.5, 0.6) is 0 Å². The monoisotopic (exact) mass is 395 g/mol. The largest absolute Gasteiger partial charge is 0.337 e. The molecule has 1 aliphatic rings. The third-order valence-corrected chi connectivity index (χ3v) is 4.91. The van der Waals surface area contributed by atoms with E-state index in [1.165, 1.54) is 6.07 Å². The van der Waals surface area contributed by atoms with Crippen molar-refractivity contribution in [3.8, 4) is 5.69 Å². The van der Waals surface area contributed by atoms with Crippen LogP contribution in [0.3, 0.4) is 0 Å². The number of carbonyl (C=O) groups excluding carboxylic acids is 1. The zero-order valence-corrected chi connectivity index (χ0v) is 15.9. The average molecular weight is 395 g/mol. The summed E-state index contributed by atoms with van der Waals surface area (Å²) in [6.45, 7) is 3.76. The molecule has 2 heterocycles. The fraction of sp³-hybridized carbons (Fsp3) is 0.300. The predicted octanol–water partition coefficient (Wildman–Crippen LogP) is 1.95. The number of halogens is 1. The van der Waals surface area contributed by atoms with Gasteiger partial charge in [-0.2, -0.15) is 4.68 Å². The number of anilines is 2. The van der Waals surface area contributed by atoms with Crippen molar-refractivity contribution in [2.75, 3.05) is 42.9 Å². The van der Waals surface area contributed by atoms with Crippen molar-refractivity contribution in [3.63, 3.8) is 0 Å². The molecule has 150 valence electrons. The van der Waals surface area contributed by atoms with Gasteiger partial charge in [0.1, 0.15) is 5.82 Å². The summed E-state index contributed by atoms with van der Waals surface area (Å²) in [4.78, 5) is 16.5. The van der Waals surface area contributed by atoms with Crippen LogP contribution in [-0.2, 0) is 4.79 Å². The van der Waals surface area contributed by atoms with Crippen LogP contribution in [0.1, 0.15) is 6.42 Å². The van der Waals surface area contributed by atoms with Crippen molar-refractivity contribution in [3.05, 3.63) is 60.4 Å². The van der Waals surface area contributed by atoms with E-state index < -0.39 is 5.82 Å². The maximum atomic E-state index is 13.6. The Labute approximate surface area is 167 Å². The van der Waals surface area contributed by atoms with E-state index in [2.05, 4.69) is 30.6 Å². The number of amides is 1. The normalized spacial score (nSPS) is 14.7. The van der Waals surface area contributed by atoms with E-state index >= 15 is 0 Å². The smallest absolute Gasteiger partial charge is 0.250 e. The summed E-state index contributed by atoms with van der Waals surface area (Å²) in [7, 11) is 0. The van der Waals surface area contributed by atoms with Crippen LogP contribution in [0, 0.1) is 5.82 Å². The second kappa shape index (κ2) is 8.78. The van der Waals surface area contributed by atoms with Crippen LogP contribution in [0.25, 0.3) is 5.69 Å². The molecule has 1 fully saturated rings. The number of nitrogens with zero attached hydrogens (tertiary/aromatic N) is 6. The van der Waals surface area contributed by atoms with Gasteiger partial charge in [-0.05, 0) is 34.7 Å². The third kappa shape index (κ3) is 4.57. The lowest BCUT2D eigenvalue weighted by Crippen LogP contribution is -2.47. The number of hydrogen-bond donors (Lipinski definition) is 1. The van der Waals surface area contributed by atoms with E-state index in [-0.39, 0.29) is 11.6 Å². The highest BCUT2D eigenvalue weighted by Crippen LogP contribution is 2.17. The first-order chi connectivity index (χ1) is 14.2. The van der Waals surface area contributed by atoms with Crippen LogP contribution in [-0.4, -0.2) is 63.7 Å². The number of hydrogen-bond acceptors (Lipinski definition) is 6. The van der Waals surface area contributed by atoms with E-state index in [1.807, 2.05) is 30.3 Å². The molecule has 0 atom stereocenters. The first-order valence-electron chi connectivity index (χ1n) is 9.56. The number of para-hydroxylation sites is 2. The maximum absolute atomic E-state index is 13.6. The summed E-state index contributed by atoms with van der Waals surface area (Å²) in [6.07, 6.45) is 0.316. The predicted molar refractivity (Wildman–Crippen MR) is 107 cm³/mol. The SMILES string of the molecule is O=C(CCN1CCN(c2nnnn2-c2ccccc2)CC1)Nc1ccccc1F. The molecule has 1 amide bonds.